The molecule has 0 N–H and O–H groups in total. The summed E-state index contributed by atoms with van der Waals surface area (Å²) in [6.45, 7) is 1.28. The van der Waals surface area contributed by atoms with Crippen molar-refractivity contribution >= 4 is 5.97 Å². The zero-order valence-corrected chi connectivity index (χ0v) is 17.3. The minimum Gasteiger partial charge on any atom is -0.456 e. The first-order chi connectivity index (χ1) is 15.7. The predicted octanol–water partition coefficient (Wildman–Crippen LogP) is 4.10. The first-order valence-corrected chi connectivity index (χ1v) is 9.78. The van der Waals surface area contributed by atoms with Crippen molar-refractivity contribution in [1.82, 2.24) is 19.6 Å². The summed E-state index contributed by atoms with van der Waals surface area (Å²) in [6, 6.07) is 14.6. The van der Waals surface area contributed by atoms with Crippen LogP contribution in [0.15, 0.2) is 77.9 Å². The van der Waals surface area contributed by atoms with Gasteiger partial charge in [0.15, 0.2) is 0 Å². The number of hydrogen-bond acceptors (Lipinski definition) is 5. The van der Waals surface area contributed by atoms with E-state index in [1.165, 1.54) is 25.1 Å². The number of para-hydroxylation sites is 1. The zero-order chi connectivity index (χ0) is 23.6. The fourth-order valence-corrected chi connectivity index (χ4v) is 3.21. The van der Waals surface area contributed by atoms with E-state index in [1.807, 2.05) is 0 Å². The van der Waals surface area contributed by atoms with Crippen molar-refractivity contribution in [3.05, 3.63) is 106 Å². The summed E-state index contributed by atoms with van der Waals surface area (Å²) in [5.74, 6) is -1.03. The number of halogens is 3. The zero-order valence-electron chi connectivity index (χ0n) is 17.3. The second-order valence-electron chi connectivity index (χ2n) is 7.12. The van der Waals surface area contributed by atoms with Crippen LogP contribution in [0, 0.1) is 6.92 Å². The van der Waals surface area contributed by atoms with Crippen molar-refractivity contribution in [2.45, 2.75) is 19.7 Å². The molecule has 0 amide bonds. The van der Waals surface area contributed by atoms with Gasteiger partial charge >= 0.3 is 12.1 Å². The maximum atomic E-state index is 13.4. The van der Waals surface area contributed by atoms with E-state index in [2.05, 4.69) is 10.2 Å². The summed E-state index contributed by atoms with van der Waals surface area (Å²) >= 11 is 0. The standard InChI is InChI=1S/C23H17F3N4O3/c1-15-13-20(31)21(28-30(15)19-6-3-2-5-18(19)23(24,25)26)22(32)33-14-16-7-9-17(10-8-16)29-12-4-11-27-29/h2-13H,14H2,1H3. The van der Waals surface area contributed by atoms with Crippen LogP contribution in [-0.2, 0) is 17.5 Å². The Morgan fingerprint density at radius 3 is 2.45 bits per heavy atom. The highest BCUT2D eigenvalue weighted by atomic mass is 19.4. The quantitative estimate of drug-likeness (QED) is 0.424. The topological polar surface area (TPSA) is 79.0 Å². The number of rotatable bonds is 5. The summed E-state index contributed by atoms with van der Waals surface area (Å²) in [4.78, 5) is 24.9. The Bertz CT molecular complexity index is 1340. The number of benzene rings is 2. The average Bonchev–Trinajstić information content (AvgIpc) is 3.32. The Balaban J connectivity index is 1.57. The molecule has 10 heteroatoms. The van der Waals surface area contributed by atoms with Crippen LogP contribution >= 0.6 is 0 Å². The number of aryl methyl sites for hydroxylation is 1. The molecule has 168 valence electrons. The van der Waals surface area contributed by atoms with E-state index in [0.29, 0.717) is 5.56 Å². The molecule has 0 atom stereocenters. The molecule has 0 saturated carbocycles. The van der Waals surface area contributed by atoms with Gasteiger partial charge < -0.3 is 4.74 Å². The number of esters is 1. The molecule has 0 aliphatic heterocycles. The summed E-state index contributed by atoms with van der Waals surface area (Å²) in [6.07, 6.45) is -1.22. The van der Waals surface area contributed by atoms with Gasteiger partial charge in [0, 0.05) is 24.2 Å². The smallest absolute Gasteiger partial charge is 0.418 e. The lowest BCUT2D eigenvalue weighted by Crippen LogP contribution is -2.25. The highest BCUT2D eigenvalue weighted by molar-refractivity contribution is 5.87. The van der Waals surface area contributed by atoms with Crippen LogP contribution < -0.4 is 5.43 Å². The van der Waals surface area contributed by atoms with Crippen LogP contribution in [0.2, 0.25) is 0 Å². The molecule has 4 aromatic rings. The summed E-state index contributed by atoms with van der Waals surface area (Å²) in [5, 5.41) is 8.01. The first-order valence-electron chi connectivity index (χ1n) is 9.78. The molecule has 0 bridgehead atoms. The highest BCUT2D eigenvalue weighted by Gasteiger charge is 2.34. The molecule has 7 nitrogen and oxygen atoms in total. The number of nitrogens with zero attached hydrogens (tertiary/aromatic N) is 4. The van der Waals surface area contributed by atoms with Gasteiger partial charge in [-0.15, -0.1) is 0 Å². The van der Waals surface area contributed by atoms with Crippen LogP contribution in [-0.4, -0.2) is 25.5 Å². The van der Waals surface area contributed by atoms with Crippen LogP contribution in [0.3, 0.4) is 0 Å². The van der Waals surface area contributed by atoms with E-state index in [-0.39, 0.29) is 18.0 Å². The Morgan fingerprint density at radius 1 is 1.06 bits per heavy atom. The monoisotopic (exact) mass is 454 g/mol. The molecule has 2 heterocycles. The van der Waals surface area contributed by atoms with Gasteiger partial charge in [0.25, 0.3) is 0 Å². The van der Waals surface area contributed by atoms with E-state index in [4.69, 9.17) is 4.74 Å². The highest BCUT2D eigenvalue weighted by Crippen LogP contribution is 2.33. The molecule has 2 aromatic heterocycles. The predicted molar refractivity (Wildman–Crippen MR) is 112 cm³/mol. The van der Waals surface area contributed by atoms with Crippen molar-refractivity contribution in [3.63, 3.8) is 0 Å². The molecule has 0 spiro atoms. The van der Waals surface area contributed by atoms with Crippen LogP contribution in [0.4, 0.5) is 13.2 Å². The van der Waals surface area contributed by atoms with Crippen LogP contribution in [0.1, 0.15) is 27.3 Å². The fourth-order valence-electron chi connectivity index (χ4n) is 3.21. The summed E-state index contributed by atoms with van der Waals surface area (Å²) < 4.78 is 48.1. The first kappa shape index (κ1) is 22.0. The van der Waals surface area contributed by atoms with Crippen molar-refractivity contribution in [1.29, 1.82) is 0 Å². The Morgan fingerprint density at radius 2 is 1.79 bits per heavy atom. The van der Waals surface area contributed by atoms with Crippen molar-refractivity contribution in [2.24, 2.45) is 0 Å². The van der Waals surface area contributed by atoms with E-state index in [0.717, 1.165) is 22.5 Å². The molecule has 0 aliphatic carbocycles. The largest absolute Gasteiger partial charge is 0.456 e. The van der Waals surface area contributed by atoms with Gasteiger partial charge in [0.05, 0.1) is 16.9 Å². The lowest BCUT2D eigenvalue weighted by atomic mass is 10.1. The number of aromatic nitrogens is 4. The minimum atomic E-state index is -4.64. The van der Waals surface area contributed by atoms with Gasteiger partial charge in [-0.25, -0.2) is 14.2 Å². The van der Waals surface area contributed by atoms with Gasteiger partial charge in [0.2, 0.25) is 11.1 Å². The molecule has 4 rings (SSSR count). The molecule has 2 aromatic carbocycles. The molecular weight excluding hydrogens is 437 g/mol. The van der Waals surface area contributed by atoms with E-state index in [1.54, 1.807) is 47.4 Å². The average molecular weight is 454 g/mol. The van der Waals surface area contributed by atoms with Gasteiger partial charge in [-0.1, -0.05) is 24.3 Å². The lowest BCUT2D eigenvalue weighted by molar-refractivity contribution is -0.137. The number of carbonyl (C=O) groups excluding carboxylic acids is 1. The third-order valence-corrected chi connectivity index (χ3v) is 4.81. The van der Waals surface area contributed by atoms with Gasteiger partial charge in [-0.3, -0.25) is 4.79 Å². The van der Waals surface area contributed by atoms with Gasteiger partial charge in [0.1, 0.15) is 6.61 Å². The molecule has 0 fully saturated rings. The van der Waals surface area contributed by atoms with E-state index >= 15 is 0 Å². The molecule has 0 aliphatic rings. The maximum absolute atomic E-state index is 13.4. The Kier molecular flexibility index (Phi) is 5.82. The third kappa shape index (κ3) is 4.69. The van der Waals surface area contributed by atoms with Crippen molar-refractivity contribution < 1.29 is 22.7 Å². The van der Waals surface area contributed by atoms with Crippen molar-refractivity contribution in [2.75, 3.05) is 0 Å². The van der Waals surface area contributed by atoms with Gasteiger partial charge in [-0.2, -0.15) is 23.4 Å². The Labute approximate surface area is 185 Å². The summed E-state index contributed by atoms with van der Waals surface area (Å²) in [5.41, 5.74) is -0.998. The maximum Gasteiger partial charge on any atom is 0.418 e. The molecular formula is C23H17F3N4O3. The Hall–Kier alpha value is -4.21. The number of alkyl halides is 3. The minimum absolute atomic E-state index is 0.141. The van der Waals surface area contributed by atoms with Crippen molar-refractivity contribution in [3.8, 4) is 11.4 Å². The SMILES string of the molecule is Cc1cc(=O)c(C(=O)OCc2ccc(-n3cccn3)cc2)nn1-c1ccccc1C(F)(F)F. The van der Waals surface area contributed by atoms with E-state index in [9.17, 15) is 22.8 Å². The molecule has 0 unspecified atom stereocenters. The molecule has 0 radical (unpaired) electrons. The molecule has 33 heavy (non-hydrogen) atoms. The van der Waals surface area contributed by atoms with Crippen LogP contribution in [0.5, 0.6) is 0 Å². The van der Waals surface area contributed by atoms with E-state index < -0.39 is 28.8 Å². The lowest BCUT2D eigenvalue weighted by Gasteiger charge is -2.16. The van der Waals surface area contributed by atoms with Crippen LogP contribution in [0.25, 0.3) is 11.4 Å². The second kappa shape index (κ2) is 8.73. The summed E-state index contributed by atoms with van der Waals surface area (Å²) in [7, 11) is 0. The molecule has 0 saturated heterocycles. The number of carbonyl (C=O) groups is 1. The third-order valence-electron chi connectivity index (χ3n) is 4.81. The normalized spacial score (nSPS) is 11.4. The fraction of sp³-hybridized carbons (Fsp3) is 0.130. The number of hydrogen-bond donors (Lipinski definition) is 0. The van der Waals surface area contributed by atoms with Gasteiger partial charge in [-0.05, 0) is 42.8 Å². The number of ether oxygens (including phenoxy) is 1. The second-order valence-corrected chi connectivity index (χ2v) is 7.12.